The van der Waals surface area contributed by atoms with Crippen molar-refractivity contribution >= 4 is 5.69 Å². The first kappa shape index (κ1) is 14.7. The van der Waals surface area contributed by atoms with E-state index in [1.807, 2.05) is 6.07 Å². The van der Waals surface area contributed by atoms with Crippen LogP contribution in [-0.4, -0.2) is 0 Å². The molecule has 2 aromatic rings. The Labute approximate surface area is 127 Å². The molecule has 0 saturated heterocycles. The highest BCUT2D eigenvalue weighted by Gasteiger charge is 2.06. The SMILES string of the molecule is N#CC(C#N)=C(C#N)Nc1ccc(OCc2ccco2)cc1. The minimum atomic E-state index is -0.263. The van der Waals surface area contributed by atoms with Gasteiger partial charge >= 0.3 is 0 Å². The van der Waals surface area contributed by atoms with Gasteiger partial charge in [0.2, 0.25) is 0 Å². The molecule has 0 saturated carbocycles. The molecule has 1 N–H and O–H groups in total. The molecule has 6 nitrogen and oxygen atoms in total. The number of rotatable bonds is 5. The van der Waals surface area contributed by atoms with Gasteiger partial charge in [-0.2, -0.15) is 15.8 Å². The Morgan fingerprint density at radius 3 is 2.32 bits per heavy atom. The molecule has 1 aromatic carbocycles. The van der Waals surface area contributed by atoms with Crippen molar-refractivity contribution in [1.29, 1.82) is 15.8 Å². The quantitative estimate of drug-likeness (QED) is 0.848. The third-order valence-electron chi connectivity index (χ3n) is 2.67. The lowest BCUT2D eigenvalue weighted by molar-refractivity contribution is 0.270. The molecule has 106 valence electrons. The van der Waals surface area contributed by atoms with Gasteiger partial charge in [0.15, 0.2) is 5.57 Å². The molecule has 0 fully saturated rings. The van der Waals surface area contributed by atoms with E-state index >= 15 is 0 Å². The maximum atomic E-state index is 8.96. The van der Waals surface area contributed by atoms with Crippen LogP contribution in [0.25, 0.3) is 0 Å². The van der Waals surface area contributed by atoms with Crippen molar-refractivity contribution in [3.05, 3.63) is 59.7 Å². The summed E-state index contributed by atoms with van der Waals surface area (Å²) in [6.45, 7) is 0.316. The number of ether oxygens (including phenoxy) is 1. The second-order valence-electron chi connectivity index (χ2n) is 4.10. The standard InChI is InChI=1S/C16H10N4O2/c17-8-12(9-18)16(10-19)20-13-3-5-14(6-4-13)22-11-15-2-1-7-21-15/h1-7,20H,11H2. The first-order valence-corrected chi connectivity index (χ1v) is 6.23. The minimum absolute atomic E-state index is 0.0887. The molecule has 0 atom stereocenters. The maximum Gasteiger partial charge on any atom is 0.163 e. The molecule has 0 unspecified atom stereocenters. The lowest BCUT2D eigenvalue weighted by Crippen LogP contribution is -2.00. The topological polar surface area (TPSA) is 106 Å². The summed E-state index contributed by atoms with van der Waals surface area (Å²) in [5, 5.41) is 29.2. The summed E-state index contributed by atoms with van der Waals surface area (Å²) >= 11 is 0. The molecule has 22 heavy (non-hydrogen) atoms. The number of benzene rings is 1. The number of hydrogen-bond acceptors (Lipinski definition) is 6. The van der Waals surface area contributed by atoms with Gasteiger partial charge in [-0.25, -0.2) is 0 Å². The molecule has 1 heterocycles. The van der Waals surface area contributed by atoms with Gasteiger partial charge in [-0.05, 0) is 36.4 Å². The zero-order valence-corrected chi connectivity index (χ0v) is 11.4. The van der Waals surface area contributed by atoms with Crippen molar-refractivity contribution in [3.8, 4) is 24.0 Å². The van der Waals surface area contributed by atoms with E-state index in [4.69, 9.17) is 24.9 Å². The van der Waals surface area contributed by atoms with Crippen molar-refractivity contribution in [3.63, 3.8) is 0 Å². The van der Waals surface area contributed by atoms with E-state index < -0.39 is 0 Å². The molecule has 0 bridgehead atoms. The number of nitrogens with one attached hydrogen (secondary N) is 1. The van der Waals surface area contributed by atoms with E-state index in [9.17, 15) is 0 Å². The van der Waals surface area contributed by atoms with Crippen LogP contribution in [0.3, 0.4) is 0 Å². The Hall–Kier alpha value is -3.69. The number of anilines is 1. The molecule has 2 rings (SSSR count). The molecule has 0 aliphatic rings. The Morgan fingerprint density at radius 2 is 1.77 bits per heavy atom. The van der Waals surface area contributed by atoms with E-state index in [2.05, 4.69) is 5.32 Å². The predicted molar refractivity (Wildman–Crippen MR) is 77.0 cm³/mol. The summed E-state index contributed by atoms with van der Waals surface area (Å²) in [5.74, 6) is 1.34. The number of nitriles is 3. The van der Waals surface area contributed by atoms with Gasteiger partial charge in [-0.15, -0.1) is 0 Å². The molecular weight excluding hydrogens is 280 g/mol. The minimum Gasteiger partial charge on any atom is -0.486 e. The fourth-order valence-corrected chi connectivity index (χ4v) is 1.61. The van der Waals surface area contributed by atoms with Crippen molar-refractivity contribution < 1.29 is 9.15 Å². The predicted octanol–water partition coefficient (Wildman–Crippen LogP) is 3.10. The average molecular weight is 290 g/mol. The summed E-state index contributed by atoms with van der Waals surface area (Å²) in [5.41, 5.74) is 0.222. The second-order valence-corrected chi connectivity index (χ2v) is 4.10. The first-order valence-electron chi connectivity index (χ1n) is 6.23. The van der Waals surface area contributed by atoms with Gasteiger partial charge in [-0.1, -0.05) is 0 Å². The fourth-order valence-electron chi connectivity index (χ4n) is 1.61. The smallest absolute Gasteiger partial charge is 0.163 e. The van der Waals surface area contributed by atoms with E-state index in [0.717, 1.165) is 0 Å². The van der Waals surface area contributed by atoms with Crippen molar-refractivity contribution in [2.45, 2.75) is 6.61 Å². The van der Waals surface area contributed by atoms with E-state index in [-0.39, 0.29) is 11.3 Å². The molecule has 0 radical (unpaired) electrons. The summed E-state index contributed by atoms with van der Waals surface area (Å²) in [4.78, 5) is 0. The van der Waals surface area contributed by atoms with E-state index in [0.29, 0.717) is 23.8 Å². The van der Waals surface area contributed by atoms with Crippen molar-refractivity contribution in [2.75, 3.05) is 5.32 Å². The Kier molecular flexibility index (Phi) is 4.81. The van der Waals surface area contributed by atoms with Crippen LogP contribution in [-0.2, 0) is 6.61 Å². The van der Waals surface area contributed by atoms with Crippen LogP contribution in [0.5, 0.6) is 5.75 Å². The third kappa shape index (κ3) is 3.66. The first-order chi connectivity index (χ1) is 10.8. The van der Waals surface area contributed by atoms with Crippen LogP contribution >= 0.6 is 0 Å². The fraction of sp³-hybridized carbons (Fsp3) is 0.0625. The summed E-state index contributed by atoms with van der Waals surface area (Å²) in [6.07, 6.45) is 1.57. The monoisotopic (exact) mass is 290 g/mol. The molecule has 0 amide bonds. The van der Waals surface area contributed by atoms with Crippen LogP contribution < -0.4 is 10.1 Å². The Morgan fingerprint density at radius 1 is 1.05 bits per heavy atom. The normalized spacial score (nSPS) is 8.95. The summed E-state index contributed by atoms with van der Waals surface area (Å²) in [7, 11) is 0. The van der Waals surface area contributed by atoms with Gasteiger partial charge in [0.1, 0.15) is 42.0 Å². The largest absolute Gasteiger partial charge is 0.486 e. The molecule has 1 aromatic heterocycles. The van der Waals surface area contributed by atoms with Crippen LogP contribution in [0.4, 0.5) is 5.69 Å². The zero-order chi connectivity index (χ0) is 15.8. The second kappa shape index (κ2) is 7.19. The highest BCUT2D eigenvalue weighted by molar-refractivity contribution is 5.58. The van der Waals surface area contributed by atoms with Crippen molar-refractivity contribution in [1.82, 2.24) is 0 Å². The van der Waals surface area contributed by atoms with Crippen molar-refractivity contribution in [2.24, 2.45) is 0 Å². The number of furan rings is 1. The van der Waals surface area contributed by atoms with Gasteiger partial charge in [0.05, 0.1) is 6.26 Å². The molecule has 0 spiro atoms. The highest BCUT2D eigenvalue weighted by atomic mass is 16.5. The van der Waals surface area contributed by atoms with Gasteiger partial charge in [-0.3, -0.25) is 0 Å². The Balaban J connectivity index is 2.03. The zero-order valence-electron chi connectivity index (χ0n) is 11.4. The van der Waals surface area contributed by atoms with Crippen LogP contribution in [0, 0.1) is 34.0 Å². The highest BCUT2D eigenvalue weighted by Crippen LogP contribution is 2.19. The lowest BCUT2D eigenvalue weighted by atomic mass is 10.2. The van der Waals surface area contributed by atoms with Gasteiger partial charge < -0.3 is 14.5 Å². The van der Waals surface area contributed by atoms with Crippen LogP contribution in [0.1, 0.15) is 5.76 Å². The lowest BCUT2D eigenvalue weighted by Gasteiger charge is -2.07. The van der Waals surface area contributed by atoms with Crippen LogP contribution in [0.15, 0.2) is 58.3 Å². The molecular formula is C16H10N4O2. The van der Waals surface area contributed by atoms with E-state index in [1.165, 1.54) is 0 Å². The molecule has 0 aliphatic heterocycles. The van der Waals surface area contributed by atoms with E-state index in [1.54, 1.807) is 54.8 Å². The number of allylic oxidation sites excluding steroid dienone is 2. The Bertz CT molecular complexity index is 769. The molecule has 6 heteroatoms. The maximum absolute atomic E-state index is 8.96. The van der Waals surface area contributed by atoms with Gasteiger partial charge in [0, 0.05) is 5.69 Å². The average Bonchev–Trinajstić information content (AvgIpc) is 3.07. The number of nitrogens with zero attached hydrogens (tertiary/aromatic N) is 3. The van der Waals surface area contributed by atoms with Crippen LogP contribution in [0.2, 0.25) is 0 Å². The summed E-state index contributed by atoms with van der Waals surface area (Å²) in [6, 6.07) is 15.5. The number of hydrogen-bond donors (Lipinski definition) is 1. The van der Waals surface area contributed by atoms with Gasteiger partial charge in [0.25, 0.3) is 0 Å². The molecule has 0 aliphatic carbocycles. The summed E-state index contributed by atoms with van der Waals surface area (Å²) < 4.78 is 10.7. The third-order valence-corrected chi connectivity index (χ3v) is 2.67.